The summed E-state index contributed by atoms with van der Waals surface area (Å²) in [4.78, 5) is 13.4. The molecule has 0 saturated carbocycles. The number of nitrogens with zero attached hydrogens (tertiary/aromatic N) is 3. The maximum Gasteiger partial charge on any atom is 0.127 e. The topological polar surface area (TPSA) is 38.7 Å². The molecule has 0 bridgehead atoms. The van der Waals surface area contributed by atoms with E-state index in [1.165, 1.54) is 11.1 Å². The van der Waals surface area contributed by atoms with Gasteiger partial charge in [0.05, 0.1) is 11.4 Å². The maximum atomic E-state index is 4.52. The lowest BCUT2D eigenvalue weighted by Gasteiger charge is -2.06. The van der Waals surface area contributed by atoms with Crippen molar-refractivity contribution in [3.8, 4) is 11.4 Å². The van der Waals surface area contributed by atoms with Crippen LogP contribution in [0.3, 0.4) is 0 Å². The first-order valence-corrected chi connectivity index (χ1v) is 8.15. The minimum absolute atomic E-state index is 0.773. The smallest absolute Gasteiger partial charge is 0.127 e. The molecule has 0 amide bonds. The van der Waals surface area contributed by atoms with E-state index in [2.05, 4.69) is 46.1 Å². The lowest BCUT2D eigenvalue weighted by molar-refractivity contribution is 0.968. The molecule has 0 N–H and O–H groups in total. The van der Waals surface area contributed by atoms with E-state index in [0.717, 1.165) is 28.0 Å². The second-order valence-electron chi connectivity index (χ2n) is 5.13. The van der Waals surface area contributed by atoms with Gasteiger partial charge in [0.15, 0.2) is 0 Å². The van der Waals surface area contributed by atoms with Gasteiger partial charge in [-0.2, -0.15) is 0 Å². The summed E-state index contributed by atoms with van der Waals surface area (Å²) in [5.74, 6) is 1.68. The van der Waals surface area contributed by atoms with Crippen LogP contribution < -0.4 is 0 Å². The Bertz CT molecular complexity index is 772. The van der Waals surface area contributed by atoms with E-state index in [1.54, 1.807) is 18.0 Å². The fourth-order valence-electron chi connectivity index (χ4n) is 2.22. The lowest BCUT2D eigenvalue weighted by Crippen LogP contribution is -1.95. The summed E-state index contributed by atoms with van der Waals surface area (Å²) in [5, 5.41) is 0.981. The van der Waals surface area contributed by atoms with Gasteiger partial charge in [0.1, 0.15) is 10.9 Å². The van der Waals surface area contributed by atoms with Gasteiger partial charge in [-0.15, -0.1) is 11.8 Å². The van der Waals surface area contributed by atoms with E-state index in [9.17, 15) is 0 Å². The molecule has 3 aromatic rings. The highest BCUT2D eigenvalue weighted by Gasteiger charge is 2.06. The summed E-state index contributed by atoms with van der Waals surface area (Å²) in [6.45, 7) is 4.03. The van der Waals surface area contributed by atoms with Crippen molar-refractivity contribution in [2.45, 2.75) is 24.6 Å². The summed E-state index contributed by atoms with van der Waals surface area (Å²) >= 11 is 1.73. The maximum absolute atomic E-state index is 4.52. The van der Waals surface area contributed by atoms with Gasteiger partial charge >= 0.3 is 0 Å². The van der Waals surface area contributed by atoms with Crippen LogP contribution in [0, 0.1) is 13.8 Å². The zero-order valence-electron chi connectivity index (χ0n) is 12.7. The lowest BCUT2D eigenvalue weighted by atomic mass is 10.2. The second kappa shape index (κ2) is 6.71. The van der Waals surface area contributed by atoms with Crippen molar-refractivity contribution < 1.29 is 0 Å². The Labute approximate surface area is 134 Å². The minimum atomic E-state index is 0.773. The minimum Gasteiger partial charge on any atom is -0.255 e. The summed E-state index contributed by atoms with van der Waals surface area (Å²) < 4.78 is 0. The first-order chi connectivity index (χ1) is 10.7. The fraction of sp³-hybridized carbons (Fsp3) is 0.167. The van der Waals surface area contributed by atoms with Gasteiger partial charge < -0.3 is 0 Å². The first-order valence-electron chi connectivity index (χ1n) is 7.16. The Morgan fingerprint density at radius 2 is 1.82 bits per heavy atom. The Morgan fingerprint density at radius 3 is 2.59 bits per heavy atom. The van der Waals surface area contributed by atoms with E-state index < -0.39 is 0 Å². The third kappa shape index (κ3) is 3.71. The number of rotatable bonds is 4. The second-order valence-corrected chi connectivity index (χ2v) is 6.13. The van der Waals surface area contributed by atoms with Crippen LogP contribution in [-0.2, 0) is 5.75 Å². The molecule has 0 spiro atoms. The molecule has 0 atom stereocenters. The number of aromatic nitrogens is 3. The van der Waals surface area contributed by atoms with E-state index in [-0.39, 0.29) is 0 Å². The van der Waals surface area contributed by atoms with Gasteiger partial charge in [-0.05, 0) is 37.6 Å². The summed E-state index contributed by atoms with van der Waals surface area (Å²) in [5.41, 5.74) is 4.34. The fourth-order valence-corrected chi connectivity index (χ4v) is 3.10. The number of thioether (sulfide) groups is 1. The van der Waals surface area contributed by atoms with Gasteiger partial charge in [0.25, 0.3) is 0 Å². The molecule has 3 rings (SSSR count). The van der Waals surface area contributed by atoms with E-state index in [0.29, 0.717) is 0 Å². The van der Waals surface area contributed by atoms with E-state index >= 15 is 0 Å². The number of aryl methyl sites for hydroxylation is 2. The van der Waals surface area contributed by atoms with Crippen LogP contribution in [0.25, 0.3) is 11.4 Å². The Hall–Kier alpha value is -2.20. The highest BCUT2D eigenvalue weighted by atomic mass is 32.2. The van der Waals surface area contributed by atoms with Crippen LogP contribution >= 0.6 is 11.8 Å². The van der Waals surface area contributed by atoms with E-state index in [1.807, 2.05) is 31.2 Å². The molecule has 0 radical (unpaired) electrons. The SMILES string of the molecule is Cc1cccc(CSc2cc(-c3ccccn3)nc(C)n2)c1. The van der Waals surface area contributed by atoms with Crippen LogP contribution in [0.5, 0.6) is 0 Å². The van der Waals surface area contributed by atoms with Gasteiger partial charge in [0.2, 0.25) is 0 Å². The number of pyridine rings is 1. The number of benzene rings is 1. The molecule has 110 valence electrons. The van der Waals surface area contributed by atoms with Crippen LogP contribution in [0.1, 0.15) is 17.0 Å². The molecule has 3 nitrogen and oxygen atoms in total. The molecular formula is C18H17N3S. The van der Waals surface area contributed by atoms with Crippen molar-refractivity contribution in [1.82, 2.24) is 15.0 Å². The molecule has 1 aromatic carbocycles. The monoisotopic (exact) mass is 307 g/mol. The molecule has 0 aliphatic carbocycles. The molecule has 0 aliphatic heterocycles. The Balaban J connectivity index is 1.81. The van der Waals surface area contributed by atoms with Crippen LogP contribution in [0.2, 0.25) is 0 Å². The van der Waals surface area contributed by atoms with Crippen LogP contribution in [0.4, 0.5) is 0 Å². The molecule has 0 aliphatic rings. The number of hydrogen-bond acceptors (Lipinski definition) is 4. The average Bonchev–Trinajstić information content (AvgIpc) is 2.53. The largest absolute Gasteiger partial charge is 0.255 e. The van der Waals surface area contributed by atoms with Crippen molar-refractivity contribution in [3.63, 3.8) is 0 Å². The Kier molecular flexibility index (Phi) is 4.49. The zero-order chi connectivity index (χ0) is 15.4. The zero-order valence-corrected chi connectivity index (χ0v) is 13.5. The van der Waals surface area contributed by atoms with Gasteiger partial charge in [0, 0.05) is 11.9 Å². The van der Waals surface area contributed by atoms with Crippen LogP contribution in [0.15, 0.2) is 59.8 Å². The Morgan fingerprint density at radius 1 is 0.909 bits per heavy atom. The predicted molar refractivity (Wildman–Crippen MR) is 90.7 cm³/mol. The van der Waals surface area contributed by atoms with Gasteiger partial charge in [-0.1, -0.05) is 35.9 Å². The van der Waals surface area contributed by atoms with Crippen molar-refractivity contribution in [2.75, 3.05) is 0 Å². The quantitative estimate of drug-likeness (QED) is 0.527. The van der Waals surface area contributed by atoms with Gasteiger partial charge in [-0.3, -0.25) is 4.98 Å². The van der Waals surface area contributed by atoms with E-state index in [4.69, 9.17) is 0 Å². The molecule has 4 heteroatoms. The van der Waals surface area contributed by atoms with Crippen LogP contribution in [-0.4, -0.2) is 15.0 Å². The molecule has 0 unspecified atom stereocenters. The average molecular weight is 307 g/mol. The standard InChI is InChI=1S/C18H17N3S/c1-13-6-5-7-15(10-13)12-22-18-11-17(20-14(2)21-18)16-8-3-4-9-19-16/h3-11H,12H2,1-2H3. The van der Waals surface area contributed by atoms with Crippen molar-refractivity contribution >= 4 is 11.8 Å². The molecule has 2 heterocycles. The van der Waals surface area contributed by atoms with Crippen molar-refractivity contribution in [3.05, 3.63) is 71.7 Å². The molecule has 2 aromatic heterocycles. The third-order valence-corrected chi connectivity index (χ3v) is 4.19. The predicted octanol–water partition coefficient (Wildman–Crippen LogP) is 4.45. The molecule has 22 heavy (non-hydrogen) atoms. The summed E-state index contributed by atoms with van der Waals surface area (Å²) in [6.07, 6.45) is 1.78. The van der Waals surface area contributed by atoms with Crippen molar-refractivity contribution in [1.29, 1.82) is 0 Å². The highest BCUT2D eigenvalue weighted by molar-refractivity contribution is 7.98. The highest BCUT2D eigenvalue weighted by Crippen LogP contribution is 2.25. The summed E-state index contributed by atoms with van der Waals surface area (Å²) in [6, 6.07) is 16.4. The molecular weight excluding hydrogens is 290 g/mol. The summed E-state index contributed by atoms with van der Waals surface area (Å²) in [7, 11) is 0. The normalized spacial score (nSPS) is 10.6. The molecule has 0 fully saturated rings. The first kappa shape index (κ1) is 14.7. The molecule has 0 saturated heterocycles. The third-order valence-electron chi connectivity index (χ3n) is 3.21. The number of hydrogen-bond donors (Lipinski definition) is 0. The van der Waals surface area contributed by atoms with Gasteiger partial charge in [-0.25, -0.2) is 9.97 Å². The van der Waals surface area contributed by atoms with Crippen molar-refractivity contribution in [2.24, 2.45) is 0 Å².